The van der Waals surface area contributed by atoms with Crippen molar-refractivity contribution in [3.05, 3.63) is 203 Å². The first-order chi connectivity index (χ1) is 25.5. The second-order valence-corrected chi connectivity index (χ2v) is 14.9. The summed E-state index contributed by atoms with van der Waals surface area (Å²) in [6, 6.07) is 62.1. The van der Waals surface area contributed by atoms with Crippen LogP contribution in [0.25, 0.3) is 67.3 Å². The predicted octanol–water partition coefficient (Wildman–Crippen LogP) is 12.1. The number of aromatic nitrogens is 2. The van der Waals surface area contributed by atoms with Gasteiger partial charge in [-0.05, 0) is 85.0 Å². The molecule has 2 nitrogen and oxygen atoms in total. The highest BCUT2D eigenvalue weighted by molar-refractivity contribution is 5.96. The molecule has 8 aromatic rings. The molecule has 0 saturated heterocycles. The summed E-state index contributed by atoms with van der Waals surface area (Å²) in [5.74, 6) is 0.729. The van der Waals surface area contributed by atoms with Gasteiger partial charge in [0.1, 0.15) is 0 Å². The maximum Gasteiger partial charge on any atom is 0.160 e. The molecule has 2 heteroatoms. The fourth-order valence-electron chi connectivity index (χ4n) is 9.58. The highest BCUT2D eigenvalue weighted by Gasteiger charge is 2.51. The van der Waals surface area contributed by atoms with Crippen molar-refractivity contribution in [2.24, 2.45) is 0 Å². The van der Waals surface area contributed by atoms with E-state index in [1.54, 1.807) is 0 Å². The minimum atomic E-state index is -0.363. The molecule has 52 heavy (non-hydrogen) atoms. The van der Waals surface area contributed by atoms with Gasteiger partial charge in [-0.15, -0.1) is 0 Å². The Morgan fingerprint density at radius 1 is 0.327 bits per heavy atom. The van der Waals surface area contributed by atoms with E-state index in [-0.39, 0.29) is 10.8 Å². The Balaban J connectivity index is 1.12. The lowest BCUT2D eigenvalue weighted by atomic mass is 9.70. The van der Waals surface area contributed by atoms with Crippen LogP contribution in [0.1, 0.15) is 47.2 Å². The van der Waals surface area contributed by atoms with Crippen molar-refractivity contribution in [1.82, 2.24) is 9.97 Å². The van der Waals surface area contributed by atoms with Crippen LogP contribution in [0, 0.1) is 0 Å². The van der Waals surface area contributed by atoms with Gasteiger partial charge >= 0.3 is 0 Å². The average molecular weight is 663 g/mol. The van der Waals surface area contributed by atoms with Crippen molar-refractivity contribution in [2.75, 3.05) is 0 Å². The topological polar surface area (TPSA) is 25.8 Å². The third-order valence-corrected chi connectivity index (χ3v) is 11.9. The number of benzene rings is 7. The quantitative estimate of drug-likeness (QED) is 0.188. The van der Waals surface area contributed by atoms with Gasteiger partial charge in [0, 0.05) is 22.1 Å². The normalized spacial score (nSPS) is 14.7. The lowest BCUT2D eigenvalue weighted by Gasteiger charge is -2.30. The summed E-state index contributed by atoms with van der Waals surface area (Å²) >= 11 is 0. The van der Waals surface area contributed by atoms with E-state index < -0.39 is 0 Å². The molecule has 1 heterocycles. The van der Waals surface area contributed by atoms with Gasteiger partial charge in [0.15, 0.2) is 5.82 Å². The molecule has 1 aromatic heterocycles. The van der Waals surface area contributed by atoms with Gasteiger partial charge < -0.3 is 0 Å². The molecule has 11 rings (SSSR count). The Kier molecular flexibility index (Phi) is 5.97. The van der Waals surface area contributed by atoms with Crippen LogP contribution in [0.5, 0.6) is 0 Å². The van der Waals surface area contributed by atoms with Gasteiger partial charge in [-0.2, -0.15) is 0 Å². The Hall–Kier alpha value is -6.38. The van der Waals surface area contributed by atoms with E-state index in [9.17, 15) is 0 Å². The summed E-state index contributed by atoms with van der Waals surface area (Å²) in [4.78, 5) is 10.5. The van der Waals surface area contributed by atoms with Gasteiger partial charge in [-0.25, -0.2) is 9.97 Å². The van der Waals surface area contributed by atoms with Crippen LogP contribution in [0.2, 0.25) is 0 Å². The van der Waals surface area contributed by atoms with E-state index in [2.05, 4.69) is 178 Å². The van der Waals surface area contributed by atoms with Crippen LogP contribution in [0.3, 0.4) is 0 Å². The first kappa shape index (κ1) is 29.4. The van der Waals surface area contributed by atoms with Crippen LogP contribution < -0.4 is 0 Å². The Morgan fingerprint density at radius 3 is 1.38 bits per heavy atom. The van der Waals surface area contributed by atoms with Gasteiger partial charge in [-0.1, -0.05) is 166 Å². The molecule has 0 amide bonds. The molecule has 3 aliphatic carbocycles. The number of nitrogens with zero attached hydrogens (tertiary/aromatic N) is 2. The first-order valence-electron chi connectivity index (χ1n) is 18.2. The van der Waals surface area contributed by atoms with Crippen molar-refractivity contribution in [1.29, 1.82) is 0 Å². The van der Waals surface area contributed by atoms with Gasteiger partial charge in [-0.3, -0.25) is 0 Å². The molecule has 244 valence electrons. The van der Waals surface area contributed by atoms with E-state index in [4.69, 9.17) is 9.97 Å². The number of rotatable bonds is 3. The minimum Gasteiger partial charge on any atom is -0.228 e. The zero-order valence-corrected chi connectivity index (χ0v) is 29.1. The fourth-order valence-corrected chi connectivity index (χ4v) is 9.58. The van der Waals surface area contributed by atoms with E-state index >= 15 is 0 Å². The molecule has 0 N–H and O–H groups in total. The van der Waals surface area contributed by atoms with E-state index in [0.29, 0.717) is 0 Å². The molecule has 0 unspecified atom stereocenters. The standard InChI is InChI=1S/C50H34N2/c1-49(2)40-20-10-6-16-34(40)38-26-24-33(29-45(38)49)47-30-46(51-48(52-47)31-14-4-3-5-15-31)32-25-27-44-39(28-32)37-19-9-13-23-43(37)50(44)41-21-11-7-17-35(41)36-18-8-12-22-42(36)50/h3-30H,1-2H3. The molecule has 0 atom stereocenters. The molecule has 7 aromatic carbocycles. The molecule has 3 aliphatic rings. The summed E-state index contributed by atoms with van der Waals surface area (Å²) in [5, 5.41) is 0. The SMILES string of the molecule is CC1(C)c2ccccc2-c2ccc(-c3cc(-c4ccc5c(c4)-c4ccccc4C54c5ccccc5-c5ccccc54)nc(-c4ccccc4)n3)cc21. The molecule has 0 saturated carbocycles. The summed E-state index contributed by atoms with van der Waals surface area (Å²) in [6.07, 6.45) is 0. The molecular weight excluding hydrogens is 629 g/mol. The second-order valence-electron chi connectivity index (χ2n) is 14.9. The summed E-state index contributed by atoms with van der Waals surface area (Å²) in [6.45, 7) is 4.66. The number of fused-ring (bicyclic) bond motifs is 13. The summed E-state index contributed by atoms with van der Waals surface area (Å²) in [5.41, 5.74) is 20.5. The third kappa shape index (κ3) is 3.84. The molecule has 0 bridgehead atoms. The third-order valence-electron chi connectivity index (χ3n) is 11.9. The maximum absolute atomic E-state index is 5.26. The zero-order valence-electron chi connectivity index (χ0n) is 29.1. The number of hydrogen-bond acceptors (Lipinski definition) is 2. The van der Waals surface area contributed by atoms with E-state index in [0.717, 1.165) is 33.9 Å². The van der Waals surface area contributed by atoms with Crippen molar-refractivity contribution in [3.63, 3.8) is 0 Å². The Labute approximate surface area is 304 Å². The average Bonchev–Trinajstić information content (AvgIpc) is 3.76. The van der Waals surface area contributed by atoms with Crippen molar-refractivity contribution < 1.29 is 0 Å². The van der Waals surface area contributed by atoms with Crippen molar-refractivity contribution in [2.45, 2.75) is 24.7 Å². The largest absolute Gasteiger partial charge is 0.228 e. The maximum atomic E-state index is 5.26. The van der Waals surface area contributed by atoms with Gasteiger partial charge in [0.05, 0.1) is 16.8 Å². The predicted molar refractivity (Wildman–Crippen MR) is 212 cm³/mol. The van der Waals surface area contributed by atoms with Crippen LogP contribution in [0.4, 0.5) is 0 Å². The fraction of sp³-hybridized carbons (Fsp3) is 0.0800. The summed E-state index contributed by atoms with van der Waals surface area (Å²) in [7, 11) is 0. The molecular formula is C50H34N2. The second kappa shape index (κ2) is 10.6. The van der Waals surface area contributed by atoms with Crippen LogP contribution >= 0.6 is 0 Å². The van der Waals surface area contributed by atoms with Gasteiger partial charge in [0.25, 0.3) is 0 Å². The van der Waals surface area contributed by atoms with Crippen LogP contribution in [-0.4, -0.2) is 9.97 Å². The lowest BCUT2D eigenvalue weighted by molar-refractivity contribution is 0.660. The minimum absolute atomic E-state index is 0.0964. The highest BCUT2D eigenvalue weighted by atomic mass is 14.9. The van der Waals surface area contributed by atoms with Gasteiger partial charge in [0.2, 0.25) is 0 Å². The first-order valence-corrected chi connectivity index (χ1v) is 18.2. The zero-order chi connectivity index (χ0) is 34.6. The lowest BCUT2D eigenvalue weighted by Crippen LogP contribution is -2.25. The van der Waals surface area contributed by atoms with Crippen molar-refractivity contribution in [3.8, 4) is 67.3 Å². The Morgan fingerprint density at radius 2 is 0.769 bits per heavy atom. The number of hydrogen-bond donors (Lipinski definition) is 0. The van der Waals surface area contributed by atoms with Crippen molar-refractivity contribution >= 4 is 0 Å². The van der Waals surface area contributed by atoms with E-state index in [1.165, 1.54) is 66.8 Å². The monoisotopic (exact) mass is 662 g/mol. The van der Waals surface area contributed by atoms with E-state index in [1.807, 2.05) is 6.07 Å². The molecule has 0 fully saturated rings. The smallest absolute Gasteiger partial charge is 0.160 e. The molecule has 1 spiro atoms. The Bertz CT molecular complexity index is 2730. The summed E-state index contributed by atoms with van der Waals surface area (Å²) < 4.78 is 0. The van der Waals surface area contributed by atoms with Crippen LogP contribution in [-0.2, 0) is 10.8 Å². The highest BCUT2D eigenvalue weighted by Crippen LogP contribution is 2.63. The van der Waals surface area contributed by atoms with Crippen LogP contribution in [0.15, 0.2) is 170 Å². The molecule has 0 aliphatic heterocycles. The molecule has 0 radical (unpaired) electrons.